The molecule has 0 atom stereocenters. The second kappa shape index (κ2) is 3.58. The fraction of sp³-hybridized carbons (Fsp3) is 0.400. The van der Waals surface area contributed by atoms with Crippen LogP contribution in [0.25, 0.3) is 0 Å². The number of halogens is 1. The lowest BCUT2D eigenvalue weighted by atomic mass is 10.1. The molecule has 0 aromatic carbocycles. The first kappa shape index (κ1) is 9.46. The van der Waals surface area contributed by atoms with Crippen LogP contribution in [0.2, 0.25) is 5.02 Å². The molecule has 1 fully saturated rings. The van der Waals surface area contributed by atoms with Gasteiger partial charge in [-0.3, -0.25) is 0 Å². The average Bonchev–Trinajstić information content (AvgIpc) is 3.01. The van der Waals surface area contributed by atoms with Crippen LogP contribution in [-0.2, 0) is 4.74 Å². The van der Waals surface area contributed by atoms with E-state index in [1.807, 2.05) is 0 Å². The van der Waals surface area contributed by atoms with Crippen LogP contribution < -0.4 is 0 Å². The standard InChI is InChI=1S/C10H10ClNO2/c1-14-10(13)9-4-7(6-2-3-6)8(11)5-12-9/h4-6H,2-3H2,1H3. The van der Waals surface area contributed by atoms with Crippen molar-refractivity contribution >= 4 is 17.6 Å². The van der Waals surface area contributed by atoms with E-state index in [1.54, 1.807) is 6.07 Å². The van der Waals surface area contributed by atoms with E-state index >= 15 is 0 Å². The molecule has 1 heterocycles. The maximum Gasteiger partial charge on any atom is 0.356 e. The summed E-state index contributed by atoms with van der Waals surface area (Å²) in [6.07, 6.45) is 3.80. The summed E-state index contributed by atoms with van der Waals surface area (Å²) >= 11 is 5.96. The number of ether oxygens (including phenoxy) is 1. The summed E-state index contributed by atoms with van der Waals surface area (Å²) in [6, 6.07) is 1.73. The van der Waals surface area contributed by atoms with Gasteiger partial charge < -0.3 is 4.74 Å². The van der Waals surface area contributed by atoms with Crippen molar-refractivity contribution in [2.45, 2.75) is 18.8 Å². The van der Waals surface area contributed by atoms with Gasteiger partial charge in [-0.15, -0.1) is 0 Å². The van der Waals surface area contributed by atoms with E-state index in [2.05, 4.69) is 9.72 Å². The van der Waals surface area contributed by atoms with Gasteiger partial charge in [-0.1, -0.05) is 11.6 Å². The molecule has 0 radical (unpaired) electrons. The number of carbonyl (C=O) groups excluding carboxylic acids is 1. The Morgan fingerprint density at radius 2 is 2.36 bits per heavy atom. The Kier molecular flexibility index (Phi) is 2.42. The summed E-state index contributed by atoms with van der Waals surface area (Å²) in [5.74, 6) is 0.0949. The Labute approximate surface area is 87.0 Å². The van der Waals surface area contributed by atoms with Crippen molar-refractivity contribution in [3.8, 4) is 0 Å². The zero-order valence-corrected chi connectivity index (χ0v) is 8.54. The van der Waals surface area contributed by atoms with Gasteiger partial charge in [0.1, 0.15) is 5.69 Å². The number of nitrogens with zero attached hydrogens (tertiary/aromatic N) is 1. The van der Waals surface area contributed by atoms with Crippen LogP contribution in [0.5, 0.6) is 0 Å². The molecule has 0 bridgehead atoms. The molecular weight excluding hydrogens is 202 g/mol. The van der Waals surface area contributed by atoms with Gasteiger partial charge in [-0.05, 0) is 30.4 Å². The molecule has 0 saturated heterocycles. The minimum absolute atomic E-state index is 0.332. The molecule has 1 saturated carbocycles. The summed E-state index contributed by atoms with van der Waals surface area (Å²) in [7, 11) is 1.34. The minimum Gasteiger partial charge on any atom is -0.464 e. The normalized spacial score (nSPS) is 15.3. The first-order valence-corrected chi connectivity index (χ1v) is 4.84. The van der Waals surface area contributed by atoms with Gasteiger partial charge in [0, 0.05) is 6.20 Å². The maximum absolute atomic E-state index is 11.2. The lowest BCUT2D eigenvalue weighted by molar-refractivity contribution is 0.0594. The van der Waals surface area contributed by atoms with Crippen molar-refractivity contribution in [1.29, 1.82) is 0 Å². The number of esters is 1. The van der Waals surface area contributed by atoms with Crippen molar-refractivity contribution in [2.24, 2.45) is 0 Å². The third-order valence-electron chi connectivity index (χ3n) is 2.30. The van der Waals surface area contributed by atoms with Crippen molar-refractivity contribution in [1.82, 2.24) is 4.98 Å². The van der Waals surface area contributed by atoms with Gasteiger partial charge >= 0.3 is 5.97 Å². The third kappa shape index (κ3) is 1.73. The highest BCUT2D eigenvalue weighted by atomic mass is 35.5. The van der Waals surface area contributed by atoms with E-state index < -0.39 is 5.97 Å². The molecular formula is C10H10ClNO2. The van der Waals surface area contributed by atoms with Crippen molar-refractivity contribution in [2.75, 3.05) is 7.11 Å². The molecule has 0 aliphatic heterocycles. The van der Waals surface area contributed by atoms with E-state index in [9.17, 15) is 4.79 Å². The molecule has 0 unspecified atom stereocenters. The van der Waals surface area contributed by atoms with Crippen LogP contribution in [0.4, 0.5) is 0 Å². The van der Waals surface area contributed by atoms with Crippen molar-refractivity contribution in [3.63, 3.8) is 0 Å². The second-order valence-electron chi connectivity index (χ2n) is 3.36. The predicted octanol–water partition coefficient (Wildman–Crippen LogP) is 2.40. The average molecular weight is 212 g/mol. The molecule has 3 nitrogen and oxygen atoms in total. The molecule has 1 aromatic heterocycles. The SMILES string of the molecule is COC(=O)c1cc(C2CC2)c(Cl)cn1. The lowest BCUT2D eigenvalue weighted by Crippen LogP contribution is -2.04. The summed E-state index contributed by atoms with van der Waals surface area (Å²) in [5.41, 5.74) is 1.35. The summed E-state index contributed by atoms with van der Waals surface area (Å²) in [4.78, 5) is 15.1. The molecule has 0 N–H and O–H groups in total. The molecule has 1 aromatic rings. The van der Waals surface area contributed by atoms with Gasteiger partial charge in [-0.2, -0.15) is 0 Å². The zero-order valence-electron chi connectivity index (χ0n) is 7.79. The highest BCUT2D eigenvalue weighted by Crippen LogP contribution is 2.43. The number of methoxy groups -OCH3 is 1. The lowest BCUT2D eigenvalue weighted by Gasteiger charge is -2.03. The van der Waals surface area contributed by atoms with Gasteiger partial charge in [-0.25, -0.2) is 9.78 Å². The fourth-order valence-electron chi connectivity index (χ4n) is 1.38. The van der Waals surface area contributed by atoms with Crippen molar-refractivity contribution in [3.05, 3.63) is 28.5 Å². The third-order valence-corrected chi connectivity index (χ3v) is 2.61. The van der Waals surface area contributed by atoms with Crippen LogP contribution in [0.3, 0.4) is 0 Å². The van der Waals surface area contributed by atoms with Gasteiger partial charge in [0.2, 0.25) is 0 Å². The summed E-state index contributed by atoms with van der Waals surface area (Å²) < 4.78 is 4.59. The first-order valence-electron chi connectivity index (χ1n) is 4.46. The van der Waals surface area contributed by atoms with E-state index in [4.69, 9.17) is 11.6 Å². The molecule has 2 rings (SSSR count). The highest BCUT2D eigenvalue weighted by Gasteiger charge is 2.27. The zero-order chi connectivity index (χ0) is 10.1. The van der Waals surface area contributed by atoms with E-state index in [0.29, 0.717) is 16.6 Å². The largest absolute Gasteiger partial charge is 0.464 e. The number of pyridine rings is 1. The summed E-state index contributed by atoms with van der Waals surface area (Å²) in [6.45, 7) is 0. The van der Waals surface area contributed by atoms with Crippen LogP contribution in [0.15, 0.2) is 12.3 Å². The number of carbonyl (C=O) groups is 1. The predicted molar refractivity (Wildman–Crippen MR) is 52.6 cm³/mol. The van der Waals surface area contributed by atoms with Gasteiger partial charge in [0.15, 0.2) is 0 Å². The number of rotatable bonds is 2. The molecule has 74 valence electrons. The van der Waals surface area contributed by atoms with Crippen LogP contribution >= 0.6 is 11.6 Å². The Morgan fingerprint density at radius 1 is 1.64 bits per heavy atom. The summed E-state index contributed by atoms with van der Waals surface area (Å²) in [5, 5.41) is 0.639. The quantitative estimate of drug-likeness (QED) is 0.706. The molecule has 0 spiro atoms. The Hall–Kier alpha value is -1.09. The maximum atomic E-state index is 11.2. The minimum atomic E-state index is -0.413. The van der Waals surface area contributed by atoms with Crippen LogP contribution in [0, 0.1) is 0 Å². The molecule has 0 amide bonds. The number of aromatic nitrogens is 1. The van der Waals surface area contributed by atoms with Gasteiger partial charge in [0.25, 0.3) is 0 Å². The Morgan fingerprint density at radius 3 is 2.93 bits per heavy atom. The second-order valence-corrected chi connectivity index (χ2v) is 3.76. The molecule has 4 heteroatoms. The van der Waals surface area contributed by atoms with Crippen LogP contribution in [-0.4, -0.2) is 18.1 Å². The van der Waals surface area contributed by atoms with Crippen molar-refractivity contribution < 1.29 is 9.53 Å². The van der Waals surface area contributed by atoms with E-state index in [1.165, 1.54) is 13.3 Å². The number of hydrogen-bond acceptors (Lipinski definition) is 3. The molecule has 14 heavy (non-hydrogen) atoms. The Balaban J connectivity index is 2.35. The molecule has 1 aliphatic rings. The monoisotopic (exact) mass is 211 g/mol. The van der Waals surface area contributed by atoms with Gasteiger partial charge in [0.05, 0.1) is 12.1 Å². The van der Waals surface area contributed by atoms with E-state index in [0.717, 1.165) is 18.4 Å². The topological polar surface area (TPSA) is 39.2 Å². The number of hydrogen-bond donors (Lipinski definition) is 0. The highest BCUT2D eigenvalue weighted by molar-refractivity contribution is 6.31. The fourth-order valence-corrected chi connectivity index (χ4v) is 1.64. The molecule has 1 aliphatic carbocycles. The Bertz CT molecular complexity index is 374. The van der Waals surface area contributed by atoms with E-state index in [-0.39, 0.29) is 0 Å². The van der Waals surface area contributed by atoms with Crippen LogP contribution in [0.1, 0.15) is 34.8 Å². The first-order chi connectivity index (χ1) is 6.72. The smallest absolute Gasteiger partial charge is 0.356 e.